The largest absolute Gasteiger partial charge is 0.497 e. The van der Waals surface area contributed by atoms with Crippen molar-refractivity contribution in [3.8, 4) is 17.2 Å². The van der Waals surface area contributed by atoms with Crippen LogP contribution in [0, 0.1) is 0 Å². The van der Waals surface area contributed by atoms with Crippen LogP contribution in [0.1, 0.15) is 13.8 Å². The van der Waals surface area contributed by atoms with Crippen LogP contribution in [0.4, 0.5) is 5.69 Å². The lowest BCUT2D eigenvalue weighted by Gasteiger charge is -2.34. The maximum absolute atomic E-state index is 12.7. The molecule has 0 aromatic heterocycles. The highest BCUT2D eigenvalue weighted by atomic mass is 32.2. The van der Waals surface area contributed by atoms with E-state index in [1.165, 1.54) is 4.31 Å². The fraction of sp³-hybridized carbons (Fsp3) is 0.381. The number of carbonyl (C=O) groups excluding carboxylic acids is 1. The second-order valence-electron chi connectivity index (χ2n) is 6.90. The number of methoxy groups -OCH3 is 1. The molecule has 0 radical (unpaired) electrons. The van der Waals surface area contributed by atoms with Crippen molar-refractivity contribution in [3.63, 3.8) is 0 Å². The number of nitrogens with one attached hydrogen (secondary N) is 1. The smallest absolute Gasteiger partial charge is 0.263 e. The van der Waals surface area contributed by atoms with E-state index in [2.05, 4.69) is 5.32 Å². The lowest BCUT2D eigenvalue weighted by molar-refractivity contribution is -0.128. The van der Waals surface area contributed by atoms with Gasteiger partial charge in [-0.25, -0.2) is 8.42 Å². The lowest BCUT2D eigenvalue weighted by atomic mass is 10.2. The van der Waals surface area contributed by atoms with Gasteiger partial charge < -0.3 is 19.5 Å². The molecule has 2 aromatic carbocycles. The Labute approximate surface area is 176 Å². The Kier molecular flexibility index (Phi) is 6.71. The van der Waals surface area contributed by atoms with Gasteiger partial charge in [0, 0.05) is 0 Å². The summed E-state index contributed by atoms with van der Waals surface area (Å²) in [6.07, 6.45) is -0.954. The van der Waals surface area contributed by atoms with E-state index in [0.717, 1.165) is 5.75 Å². The fourth-order valence-corrected chi connectivity index (χ4v) is 4.15. The van der Waals surface area contributed by atoms with E-state index in [-0.39, 0.29) is 24.9 Å². The topological polar surface area (TPSA) is 94.2 Å². The van der Waals surface area contributed by atoms with Crippen molar-refractivity contribution in [2.24, 2.45) is 0 Å². The van der Waals surface area contributed by atoms with Crippen LogP contribution < -0.4 is 23.8 Å². The van der Waals surface area contributed by atoms with E-state index in [0.29, 0.717) is 17.2 Å². The first kappa shape index (κ1) is 21.8. The monoisotopic (exact) mass is 434 g/mol. The van der Waals surface area contributed by atoms with Crippen molar-refractivity contribution in [3.05, 3.63) is 48.5 Å². The minimum absolute atomic E-state index is 0.0677. The number of nitrogens with zero attached hydrogens (tertiary/aromatic N) is 1. The Morgan fingerprint density at radius 2 is 1.87 bits per heavy atom. The summed E-state index contributed by atoms with van der Waals surface area (Å²) in [7, 11) is -1.95. The fourth-order valence-electron chi connectivity index (χ4n) is 3.03. The van der Waals surface area contributed by atoms with Gasteiger partial charge in [0.15, 0.2) is 6.10 Å². The standard InChI is InChI=1S/C21H26N2O6S/c1-4-30(25,26)23-13-20(29-19-8-6-5-7-18(19)23)21(24)22-15(2)14-28-17-11-9-16(27-3)10-12-17/h5-12,15,20H,4,13-14H2,1-3H3,(H,22,24)/t15-,20+/m1/s1. The summed E-state index contributed by atoms with van der Waals surface area (Å²) in [4.78, 5) is 12.7. The third kappa shape index (κ3) is 4.96. The summed E-state index contributed by atoms with van der Waals surface area (Å²) < 4.78 is 42.9. The number of hydrogen-bond acceptors (Lipinski definition) is 6. The highest BCUT2D eigenvalue weighted by Crippen LogP contribution is 2.35. The molecule has 0 bridgehead atoms. The first-order chi connectivity index (χ1) is 14.3. The Balaban J connectivity index is 1.63. The van der Waals surface area contributed by atoms with E-state index in [1.807, 2.05) is 0 Å². The van der Waals surface area contributed by atoms with Gasteiger partial charge in [-0.15, -0.1) is 0 Å². The van der Waals surface area contributed by atoms with Gasteiger partial charge in [-0.2, -0.15) is 0 Å². The van der Waals surface area contributed by atoms with E-state index < -0.39 is 22.0 Å². The molecule has 1 heterocycles. The van der Waals surface area contributed by atoms with Crippen molar-refractivity contribution >= 4 is 21.6 Å². The number of carbonyl (C=O) groups is 1. The molecule has 1 N–H and O–H groups in total. The molecule has 0 aliphatic carbocycles. The van der Waals surface area contributed by atoms with Crippen LogP contribution in [0.15, 0.2) is 48.5 Å². The molecule has 1 aliphatic heterocycles. The molecule has 9 heteroatoms. The number of rotatable bonds is 8. The zero-order valence-electron chi connectivity index (χ0n) is 17.2. The quantitative estimate of drug-likeness (QED) is 0.685. The van der Waals surface area contributed by atoms with E-state index in [4.69, 9.17) is 14.2 Å². The molecule has 0 saturated heterocycles. The van der Waals surface area contributed by atoms with Crippen molar-refractivity contribution < 1.29 is 27.4 Å². The predicted molar refractivity (Wildman–Crippen MR) is 114 cm³/mol. The molecule has 162 valence electrons. The summed E-state index contributed by atoms with van der Waals surface area (Å²) in [5.41, 5.74) is 0.444. The molecular formula is C21H26N2O6S. The Morgan fingerprint density at radius 3 is 2.53 bits per heavy atom. The summed E-state index contributed by atoms with van der Waals surface area (Å²) in [6.45, 7) is 3.54. The molecule has 0 saturated carbocycles. The summed E-state index contributed by atoms with van der Waals surface area (Å²) in [5, 5.41) is 2.83. The van der Waals surface area contributed by atoms with Gasteiger partial charge in [0.1, 0.15) is 23.9 Å². The van der Waals surface area contributed by atoms with Gasteiger partial charge in [0.25, 0.3) is 5.91 Å². The maximum atomic E-state index is 12.7. The molecule has 2 aromatic rings. The first-order valence-electron chi connectivity index (χ1n) is 9.67. The lowest BCUT2D eigenvalue weighted by Crippen LogP contribution is -2.53. The van der Waals surface area contributed by atoms with Crippen molar-refractivity contribution in [1.82, 2.24) is 5.32 Å². The molecule has 1 aliphatic rings. The van der Waals surface area contributed by atoms with Crippen LogP contribution in [0.25, 0.3) is 0 Å². The summed E-state index contributed by atoms with van der Waals surface area (Å²) in [5.74, 6) is 1.28. The number of amides is 1. The summed E-state index contributed by atoms with van der Waals surface area (Å²) in [6, 6.07) is 13.6. The number of hydrogen-bond donors (Lipinski definition) is 1. The summed E-state index contributed by atoms with van der Waals surface area (Å²) >= 11 is 0. The molecule has 2 atom stereocenters. The average molecular weight is 435 g/mol. The van der Waals surface area contributed by atoms with Gasteiger partial charge in [-0.3, -0.25) is 9.10 Å². The third-order valence-corrected chi connectivity index (χ3v) is 6.42. The van der Waals surface area contributed by atoms with Gasteiger partial charge in [0.05, 0.1) is 31.1 Å². The van der Waals surface area contributed by atoms with Crippen molar-refractivity contribution in [2.75, 3.05) is 30.3 Å². The number of fused-ring (bicyclic) bond motifs is 1. The molecule has 0 spiro atoms. The predicted octanol–water partition coefficient (Wildman–Crippen LogP) is 2.20. The van der Waals surface area contributed by atoms with Gasteiger partial charge in [-0.05, 0) is 50.2 Å². The van der Waals surface area contributed by atoms with Crippen molar-refractivity contribution in [2.45, 2.75) is 26.0 Å². The first-order valence-corrected chi connectivity index (χ1v) is 11.3. The normalized spacial score (nSPS) is 16.8. The minimum atomic E-state index is -3.54. The molecule has 1 amide bonds. The van der Waals surface area contributed by atoms with Crippen LogP contribution in [0.3, 0.4) is 0 Å². The van der Waals surface area contributed by atoms with Gasteiger partial charge in [0.2, 0.25) is 10.0 Å². The minimum Gasteiger partial charge on any atom is -0.497 e. The Hall–Kier alpha value is -2.94. The zero-order chi connectivity index (χ0) is 21.7. The van der Waals surface area contributed by atoms with Crippen LogP contribution in [-0.4, -0.2) is 52.5 Å². The van der Waals surface area contributed by atoms with E-state index in [1.54, 1.807) is 69.5 Å². The van der Waals surface area contributed by atoms with E-state index in [9.17, 15) is 13.2 Å². The third-order valence-electron chi connectivity index (χ3n) is 4.68. The second-order valence-corrected chi connectivity index (χ2v) is 9.08. The number of sulfonamides is 1. The maximum Gasteiger partial charge on any atom is 0.263 e. The number of ether oxygens (including phenoxy) is 3. The molecule has 8 nitrogen and oxygen atoms in total. The molecule has 30 heavy (non-hydrogen) atoms. The molecule has 0 unspecified atom stereocenters. The molecular weight excluding hydrogens is 408 g/mol. The number of benzene rings is 2. The second kappa shape index (κ2) is 9.25. The highest BCUT2D eigenvalue weighted by Gasteiger charge is 2.36. The average Bonchev–Trinajstić information content (AvgIpc) is 2.77. The van der Waals surface area contributed by atoms with Crippen LogP contribution in [-0.2, 0) is 14.8 Å². The number of para-hydroxylation sites is 2. The Morgan fingerprint density at radius 1 is 1.20 bits per heavy atom. The van der Waals surface area contributed by atoms with Crippen LogP contribution in [0.2, 0.25) is 0 Å². The zero-order valence-corrected chi connectivity index (χ0v) is 18.0. The SMILES string of the molecule is CCS(=O)(=O)N1C[C@@H](C(=O)N[C@H](C)COc2ccc(OC)cc2)Oc2ccccc21. The van der Waals surface area contributed by atoms with E-state index >= 15 is 0 Å². The van der Waals surface area contributed by atoms with Crippen LogP contribution >= 0.6 is 0 Å². The molecule has 3 rings (SSSR count). The molecule has 0 fully saturated rings. The number of anilines is 1. The van der Waals surface area contributed by atoms with Gasteiger partial charge >= 0.3 is 0 Å². The van der Waals surface area contributed by atoms with Crippen LogP contribution in [0.5, 0.6) is 17.2 Å². The van der Waals surface area contributed by atoms with Crippen molar-refractivity contribution in [1.29, 1.82) is 0 Å². The highest BCUT2D eigenvalue weighted by molar-refractivity contribution is 7.92. The van der Waals surface area contributed by atoms with Gasteiger partial charge in [-0.1, -0.05) is 12.1 Å². The Bertz CT molecular complexity index is 977.